The van der Waals surface area contributed by atoms with E-state index in [1.165, 1.54) is 0 Å². The number of carbonyl (C=O) groups is 2. The zero-order chi connectivity index (χ0) is 13.8. The molecule has 0 aromatic rings. The lowest BCUT2D eigenvalue weighted by atomic mass is 10.1. The van der Waals surface area contributed by atoms with Gasteiger partial charge in [0, 0.05) is 31.8 Å². The van der Waals surface area contributed by atoms with Crippen molar-refractivity contribution in [2.24, 2.45) is 0 Å². The molecular formula is C13H23N3O2S. The van der Waals surface area contributed by atoms with Gasteiger partial charge in [-0.15, -0.1) is 11.8 Å². The van der Waals surface area contributed by atoms with Gasteiger partial charge in [-0.3, -0.25) is 9.59 Å². The summed E-state index contributed by atoms with van der Waals surface area (Å²) in [6.07, 6.45) is 2.38. The molecule has 2 aliphatic heterocycles. The molecule has 5 nitrogen and oxygen atoms in total. The molecule has 0 aliphatic carbocycles. The van der Waals surface area contributed by atoms with Crippen LogP contribution in [0.2, 0.25) is 0 Å². The van der Waals surface area contributed by atoms with Crippen molar-refractivity contribution in [1.82, 2.24) is 15.1 Å². The van der Waals surface area contributed by atoms with Crippen LogP contribution in [0.5, 0.6) is 0 Å². The molecule has 0 bridgehead atoms. The van der Waals surface area contributed by atoms with E-state index >= 15 is 0 Å². The molecule has 19 heavy (non-hydrogen) atoms. The van der Waals surface area contributed by atoms with Gasteiger partial charge >= 0.3 is 0 Å². The summed E-state index contributed by atoms with van der Waals surface area (Å²) in [7, 11) is 1.87. The zero-order valence-electron chi connectivity index (χ0n) is 11.7. The monoisotopic (exact) mass is 285 g/mol. The third-order valence-electron chi connectivity index (χ3n) is 3.88. The first-order valence-electron chi connectivity index (χ1n) is 6.99. The maximum atomic E-state index is 12.5. The van der Waals surface area contributed by atoms with Crippen molar-refractivity contribution in [3.8, 4) is 0 Å². The molecule has 6 heteroatoms. The van der Waals surface area contributed by atoms with Crippen molar-refractivity contribution >= 4 is 23.6 Å². The number of nitrogens with zero attached hydrogens (tertiary/aromatic N) is 2. The number of hydrogen-bond donors (Lipinski definition) is 1. The van der Waals surface area contributed by atoms with Gasteiger partial charge in [0.15, 0.2) is 0 Å². The first-order chi connectivity index (χ1) is 9.15. The lowest BCUT2D eigenvalue weighted by molar-refractivity contribution is -0.143. The van der Waals surface area contributed by atoms with E-state index in [4.69, 9.17) is 0 Å². The molecule has 108 valence electrons. The van der Waals surface area contributed by atoms with Gasteiger partial charge in [-0.25, -0.2) is 0 Å². The fourth-order valence-corrected chi connectivity index (χ4v) is 3.81. The van der Waals surface area contributed by atoms with E-state index in [1.54, 1.807) is 16.7 Å². The molecule has 2 atom stereocenters. The Kier molecular flexibility index (Phi) is 5.10. The Labute approximate surface area is 119 Å². The lowest BCUT2D eigenvalue weighted by Gasteiger charge is -2.30. The number of thioether (sulfide) groups is 1. The van der Waals surface area contributed by atoms with Gasteiger partial charge in [0.05, 0.1) is 5.88 Å². The largest absolute Gasteiger partial charge is 0.340 e. The van der Waals surface area contributed by atoms with E-state index in [0.717, 1.165) is 31.7 Å². The van der Waals surface area contributed by atoms with E-state index in [2.05, 4.69) is 5.32 Å². The SMILES string of the molecule is CCCC(=O)N1CSCC1C(=O)N(C)C1CCNC1. The Morgan fingerprint density at radius 3 is 2.89 bits per heavy atom. The predicted molar refractivity (Wildman–Crippen MR) is 76.9 cm³/mol. The molecule has 1 N–H and O–H groups in total. The van der Waals surface area contributed by atoms with Crippen molar-refractivity contribution < 1.29 is 9.59 Å². The third kappa shape index (κ3) is 3.23. The summed E-state index contributed by atoms with van der Waals surface area (Å²) < 4.78 is 0. The number of rotatable bonds is 4. The van der Waals surface area contributed by atoms with E-state index in [-0.39, 0.29) is 23.9 Å². The Morgan fingerprint density at radius 1 is 1.47 bits per heavy atom. The van der Waals surface area contributed by atoms with Crippen LogP contribution in [-0.2, 0) is 9.59 Å². The summed E-state index contributed by atoms with van der Waals surface area (Å²) in [5, 5.41) is 3.27. The summed E-state index contributed by atoms with van der Waals surface area (Å²) in [6.45, 7) is 3.83. The minimum atomic E-state index is -0.255. The van der Waals surface area contributed by atoms with Crippen LogP contribution < -0.4 is 5.32 Å². The second-order valence-corrected chi connectivity index (χ2v) is 6.22. The van der Waals surface area contributed by atoms with Crippen molar-refractivity contribution in [3.05, 3.63) is 0 Å². The van der Waals surface area contributed by atoms with Crippen LogP contribution in [0, 0.1) is 0 Å². The second-order valence-electron chi connectivity index (χ2n) is 5.22. The van der Waals surface area contributed by atoms with Crippen LogP contribution in [0.15, 0.2) is 0 Å². The number of nitrogens with one attached hydrogen (secondary N) is 1. The molecule has 2 saturated heterocycles. The quantitative estimate of drug-likeness (QED) is 0.818. The van der Waals surface area contributed by atoms with Crippen LogP contribution in [0.3, 0.4) is 0 Å². The maximum Gasteiger partial charge on any atom is 0.246 e. The highest BCUT2D eigenvalue weighted by Crippen LogP contribution is 2.24. The smallest absolute Gasteiger partial charge is 0.246 e. The Balaban J connectivity index is 1.98. The second kappa shape index (κ2) is 6.61. The molecular weight excluding hydrogens is 262 g/mol. The van der Waals surface area contributed by atoms with Crippen LogP contribution in [0.25, 0.3) is 0 Å². The molecule has 0 radical (unpaired) electrons. The molecule has 0 aromatic carbocycles. The molecule has 2 amide bonds. The van der Waals surface area contributed by atoms with Gasteiger partial charge in [0.2, 0.25) is 11.8 Å². The van der Waals surface area contributed by atoms with Gasteiger partial charge in [-0.05, 0) is 19.4 Å². The number of carbonyl (C=O) groups excluding carboxylic acids is 2. The number of hydrogen-bond acceptors (Lipinski definition) is 4. The third-order valence-corrected chi connectivity index (χ3v) is 4.89. The molecule has 0 saturated carbocycles. The van der Waals surface area contributed by atoms with E-state index in [9.17, 15) is 9.59 Å². The predicted octanol–water partition coefficient (Wildman–Crippen LogP) is 0.508. The van der Waals surface area contributed by atoms with Crippen LogP contribution in [0.4, 0.5) is 0 Å². The first-order valence-corrected chi connectivity index (χ1v) is 8.15. The van der Waals surface area contributed by atoms with Gasteiger partial charge in [0.25, 0.3) is 0 Å². The van der Waals surface area contributed by atoms with E-state index in [1.807, 2.05) is 18.9 Å². The highest BCUT2D eigenvalue weighted by Gasteiger charge is 2.37. The molecule has 2 fully saturated rings. The molecule has 2 aliphatic rings. The Morgan fingerprint density at radius 2 is 2.26 bits per heavy atom. The topological polar surface area (TPSA) is 52.7 Å². The molecule has 0 aromatic heterocycles. The maximum absolute atomic E-state index is 12.5. The summed E-state index contributed by atoms with van der Waals surface area (Å²) in [5.74, 6) is 1.61. The highest BCUT2D eigenvalue weighted by molar-refractivity contribution is 7.99. The van der Waals surface area contributed by atoms with Gasteiger partial charge in [0.1, 0.15) is 6.04 Å². The molecule has 2 heterocycles. The summed E-state index contributed by atoms with van der Waals surface area (Å²) in [6, 6.07) is 0.0240. The fourth-order valence-electron chi connectivity index (χ4n) is 2.64. The van der Waals surface area contributed by atoms with Gasteiger partial charge in [-0.2, -0.15) is 0 Å². The highest BCUT2D eigenvalue weighted by atomic mass is 32.2. The summed E-state index contributed by atoms with van der Waals surface area (Å²) in [4.78, 5) is 28.2. The number of likely N-dealkylation sites (N-methyl/N-ethyl adjacent to an activating group) is 1. The van der Waals surface area contributed by atoms with Gasteiger partial charge in [-0.1, -0.05) is 6.92 Å². The summed E-state index contributed by atoms with van der Waals surface area (Å²) in [5.41, 5.74) is 0. The minimum absolute atomic E-state index is 0.100. The van der Waals surface area contributed by atoms with Gasteiger partial charge < -0.3 is 15.1 Å². The lowest BCUT2D eigenvalue weighted by Crippen LogP contribution is -2.51. The van der Waals surface area contributed by atoms with Crippen molar-refractivity contribution in [2.75, 3.05) is 31.8 Å². The minimum Gasteiger partial charge on any atom is -0.340 e. The average molecular weight is 285 g/mol. The standard InChI is InChI=1S/C13H23N3O2S/c1-3-4-12(17)16-9-19-8-11(16)13(18)15(2)10-5-6-14-7-10/h10-11,14H,3-9H2,1-2H3. The molecule has 0 spiro atoms. The molecule has 2 unspecified atom stereocenters. The summed E-state index contributed by atoms with van der Waals surface area (Å²) >= 11 is 1.67. The van der Waals surface area contributed by atoms with Crippen LogP contribution in [0.1, 0.15) is 26.2 Å². The van der Waals surface area contributed by atoms with Crippen molar-refractivity contribution in [3.63, 3.8) is 0 Å². The Bertz CT molecular complexity index is 345. The van der Waals surface area contributed by atoms with Crippen LogP contribution in [-0.4, -0.2) is 65.5 Å². The van der Waals surface area contributed by atoms with Crippen LogP contribution >= 0.6 is 11.8 Å². The Hall–Kier alpha value is -0.750. The number of amides is 2. The normalized spacial score (nSPS) is 26.7. The zero-order valence-corrected chi connectivity index (χ0v) is 12.5. The van der Waals surface area contributed by atoms with Crippen molar-refractivity contribution in [1.29, 1.82) is 0 Å². The first kappa shape index (κ1) is 14.7. The van der Waals surface area contributed by atoms with E-state index < -0.39 is 0 Å². The molecule has 2 rings (SSSR count). The van der Waals surface area contributed by atoms with Crippen molar-refractivity contribution in [2.45, 2.75) is 38.3 Å². The van der Waals surface area contributed by atoms with E-state index in [0.29, 0.717) is 12.3 Å². The fraction of sp³-hybridized carbons (Fsp3) is 0.846. The average Bonchev–Trinajstić information content (AvgIpc) is 3.08.